The lowest BCUT2D eigenvalue weighted by molar-refractivity contribution is 0.0962. The molecule has 2 aromatic carbocycles. The first-order chi connectivity index (χ1) is 17.8. The summed E-state index contributed by atoms with van der Waals surface area (Å²) in [4.78, 5) is 13.8. The molecule has 0 bridgehead atoms. The van der Waals surface area contributed by atoms with Crippen molar-refractivity contribution in [3.05, 3.63) is 54.2 Å². The van der Waals surface area contributed by atoms with Gasteiger partial charge in [0, 0.05) is 37.1 Å². The van der Waals surface area contributed by atoms with Crippen LogP contribution in [-0.2, 0) is 0 Å². The molecule has 1 saturated heterocycles. The van der Waals surface area contributed by atoms with Crippen LogP contribution in [0.3, 0.4) is 0 Å². The fraction of sp³-hybridized carbons (Fsp3) is 0.333. The Morgan fingerprint density at radius 3 is 2.81 bits per heavy atom. The predicted molar refractivity (Wildman–Crippen MR) is 142 cm³/mol. The molecule has 0 spiro atoms. The highest BCUT2D eigenvalue weighted by Gasteiger charge is 2.28. The average Bonchev–Trinajstić information content (AvgIpc) is 3.27. The van der Waals surface area contributed by atoms with Crippen LogP contribution >= 0.6 is 0 Å². The highest BCUT2D eigenvalue weighted by atomic mass is 19.1. The van der Waals surface area contributed by atoms with E-state index < -0.39 is 12.0 Å². The van der Waals surface area contributed by atoms with E-state index in [-0.39, 0.29) is 24.2 Å². The van der Waals surface area contributed by atoms with Gasteiger partial charge in [-0.1, -0.05) is 24.6 Å². The molecule has 37 heavy (non-hydrogen) atoms. The minimum absolute atomic E-state index is 0.152. The molecule has 4 rings (SSSR count). The molecule has 1 aliphatic rings. The van der Waals surface area contributed by atoms with Crippen LogP contribution in [0.25, 0.3) is 16.7 Å². The maximum atomic E-state index is 14.6. The lowest BCUT2D eigenvalue weighted by Gasteiger charge is -2.33. The number of nitrogens with zero attached hydrogens (tertiary/aromatic N) is 3. The molecule has 1 aromatic heterocycles. The van der Waals surface area contributed by atoms with Crippen molar-refractivity contribution in [2.75, 3.05) is 51.5 Å². The van der Waals surface area contributed by atoms with Crippen LogP contribution in [0.5, 0.6) is 5.75 Å². The van der Waals surface area contributed by atoms with E-state index in [1.807, 2.05) is 11.9 Å². The van der Waals surface area contributed by atoms with E-state index in [9.17, 15) is 13.6 Å². The number of amides is 1. The van der Waals surface area contributed by atoms with Crippen molar-refractivity contribution < 1.29 is 18.3 Å². The Kier molecular flexibility index (Phi) is 7.94. The summed E-state index contributed by atoms with van der Waals surface area (Å²) in [6, 6.07) is 12.8. The molecule has 194 valence electrons. The minimum Gasteiger partial charge on any atom is -0.495 e. The van der Waals surface area contributed by atoms with Crippen LogP contribution in [0.4, 0.5) is 20.2 Å². The number of methoxy groups -OCH3 is 1. The third-order valence-corrected chi connectivity index (χ3v) is 6.29. The van der Waals surface area contributed by atoms with Gasteiger partial charge in [0.05, 0.1) is 31.1 Å². The lowest BCUT2D eigenvalue weighted by Crippen LogP contribution is -2.46. The summed E-state index contributed by atoms with van der Waals surface area (Å²) < 4.78 is 35.7. The molecule has 0 saturated carbocycles. The monoisotopic (exact) mass is 508 g/mol. The standard InChI is InChI=1S/C27H30F2N6O2/c1-17(28)26-19-7-5-8-23(32-21-11-14-34(3)16-20(21)29)25(19)33-35(26)13-6-12-31-22-10-9-18(27(36)30-2)15-24(22)37-4/h5,7-10,15,20-21,31-32H,1,11-12,14,16H2,2-4H3,(H,30,36)/t20-,21+/m0/s1. The summed E-state index contributed by atoms with van der Waals surface area (Å²) >= 11 is 0. The molecule has 0 radical (unpaired) electrons. The molecule has 10 heteroatoms. The van der Waals surface area contributed by atoms with Crippen LogP contribution in [0.2, 0.25) is 0 Å². The highest BCUT2D eigenvalue weighted by Crippen LogP contribution is 2.31. The Bertz CT molecular complexity index is 1380. The number of carbonyl (C=O) groups is 1. The number of hydrogen-bond donors (Lipinski definition) is 3. The number of alkyl halides is 1. The van der Waals surface area contributed by atoms with Crippen molar-refractivity contribution in [2.45, 2.75) is 18.6 Å². The first kappa shape index (κ1) is 26.0. The van der Waals surface area contributed by atoms with E-state index in [0.717, 1.165) is 6.54 Å². The van der Waals surface area contributed by atoms with Crippen molar-refractivity contribution in [3.63, 3.8) is 0 Å². The minimum atomic E-state index is -1.03. The van der Waals surface area contributed by atoms with Gasteiger partial charge in [0.2, 0.25) is 0 Å². The number of aromatic nitrogens is 2. The molecule has 3 N–H and O–H groups in total. The SMILES string of the molecule is C=C(F)c1c2cccc(N[C@@H]3CCN(C)C[C@@H]3F)c2nn1C#CCNc1ccc(C(=O)NC)cc1OC. The van der Waals surface area contributed by atoms with E-state index in [1.54, 1.807) is 43.4 Å². The van der Waals surface area contributed by atoms with Gasteiger partial charge < -0.3 is 25.6 Å². The fourth-order valence-electron chi connectivity index (χ4n) is 4.36. The summed E-state index contributed by atoms with van der Waals surface area (Å²) in [7, 11) is 4.96. The number of piperidine rings is 1. The fourth-order valence-corrected chi connectivity index (χ4v) is 4.36. The Morgan fingerprint density at radius 1 is 1.30 bits per heavy atom. The third kappa shape index (κ3) is 5.67. The maximum absolute atomic E-state index is 14.6. The summed E-state index contributed by atoms with van der Waals surface area (Å²) in [5.74, 6) is 2.53. The number of rotatable bonds is 7. The van der Waals surface area contributed by atoms with Gasteiger partial charge in [-0.3, -0.25) is 4.79 Å². The van der Waals surface area contributed by atoms with E-state index >= 15 is 0 Å². The lowest BCUT2D eigenvalue weighted by atomic mass is 10.0. The predicted octanol–water partition coefficient (Wildman–Crippen LogP) is 3.72. The smallest absolute Gasteiger partial charge is 0.251 e. The van der Waals surface area contributed by atoms with E-state index in [2.05, 4.69) is 39.6 Å². The number of likely N-dealkylation sites (tertiary alicyclic amines) is 1. The number of carbonyl (C=O) groups excluding carboxylic acids is 1. The zero-order valence-electron chi connectivity index (χ0n) is 21.1. The Hall–Kier alpha value is -4.10. The van der Waals surface area contributed by atoms with Gasteiger partial charge in [-0.2, -0.15) is 9.78 Å². The van der Waals surface area contributed by atoms with E-state index in [4.69, 9.17) is 4.74 Å². The van der Waals surface area contributed by atoms with Gasteiger partial charge >= 0.3 is 0 Å². The zero-order chi connectivity index (χ0) is 26.5. The van der Waals surface area contributed by atoms with Gasteiger partial charge in [0.1, 0.15) is 29.0 Å². The molecule has 3 aromatic rings. The van der Waals surface area contributed by atoms with Crippen molar-refractivity contribution in [1.82, 2.24) is 20.0 Å². The van der Waals surface area contributed by atoms with Gasteiger partial charge in [0.25, 0.3) is 5.91 Å². The summed E-state index contributed by atoms with van der Waals surface area (Å²) in [6.07, 6.45) is -0.379. The second kappa shape index (κ2) is 11.3. The van der Waals surface area contributed by atoms with Crippen molar-refractivity contribution >= 4 is 34.0 Å². The van der Waals surface area contributed by atoms with Gasteiger partial charge in [-0.15, -0.1) is 0 Å². The number of ether oxygens (including phenoxy) is 1. The zero-order valence-corrected chi connectivity index (χ0v) is 21.1. The van der Waals surface area contributed by atoms with Crippen LogP contribution < -0.4 is 20.7 Å². The van der Waals surface area contributed by atoms with Crippen molar-refractivity contribution in [1.29, 1.82) is 0 Å². The average molecular weight is 509 g/mol. The Labute approximate surface area is 214 Å². The Balaban J connectivity index is 1.56. The second-order valence-corrected chi connectivity index (χ2v) is 8.82. The number of benzene rings is 2. The Morgan fingerprint density at radius 2 is 2.11 bits per heavy atom. The largest absolute Gasteiger partial charge is 0.495 e. The van der Waals surface area contributed by atoms with Crippen LogP contribution in [-0.4, -0.2) is 73.6 Å². The quantitative estimate of drug-likeness (QED) is 0.422. The molecule has 0 aliphatic carbocycles. The molecule has 1 fully saturated rings. The second-order valence-electron chi connectivity index (χ2n) is 8.82. The summed E-state index contributed by atoms with van der Waals surface area (Å²) in [5, 5.41) is 14.0. The molecule has 1 aliphatic heterocycles. The van der Waals surface area contributed by atoms with Crippen LogP contribution in [0.15, 0.2) is 43.0 Å². The normalized spacial score (nSPS) is 17.5. The molecule has 1 amide bonds. The first-order valence-electron chi connectivity index (χ1n) is 11.9. The number of hydrogen-bond acceptors (Lipinski definition) is 6. The van der Waals surface area contributed by atoms with Crippen LogP contribution in [0, 0.1) is 12.0 Å². The molecule has 2 heterocycles. The van der Waals surface area contributed by atoms with Crippen molar-refractivity contribution in [2.24, 2.45) is 0 Å². The topological polar surface area (TPSA) is 83.5 Å². The van der Waals surface area contributed by atoms with E-state index in [0.29, 0.717) is 46.6 Å². The number of halogens is 2. The van der Waals surface area contributed by atoms with Crippen molar-refractivity contribution in [3.8, 4) is 17.7 Å². The maximum Gasteiger partial charge on any atom is 0.251 e. The molecule has 0 unspecified atom stereocenters. The molecular formula is C27H30F2N6O2. The number of nitrogens with one attached hydrogen (secondary N) is 3. The summed E-state index contributed by atoms with van der Waals surface area (Å²) in [6.45, 7) is 4.80. The van der Waals surface area contributed by atoms with Crippen LogP contribution in [0.1, 0.15) is 22.5 Å². The third-order valence-electron chi connectivity index (χ3n) is 6.29. The highest BCUT2D eigenvalue weighted by molar-refractivity contribution is 5.97. The molecule has 8 nitrogen and oxygen atoms in total. The molecule has 2 atom stereocenters. The number of anilines is 2. The van der Waals surface area contributed by atoms with Gasteiger partial charge in [-0.05, 0) is 37.7 Å². The first-order valence-corrected chi connectivity index (χ1v) is 11.9. The van der Waals surface area contributed by atoms with E-state index in [1.165, 1.54) is 11.8 Å². The van der Waals surface area contributed by atoms with Gasteiger partial charge in [0.15, 0.2) is 0 Å². The summed E-state index contributed by atoms with van der Waals surface area (Å²) in [5.41, 5.74) is 2.39. The van der Waals surface area contributed by atoms with Gasteiger partial charge in [-0.25, -0.2) is 8.78 Å². The number of fused-ring (bicyclic) bond motifs is 1. The molecular weight excluding hydrogens is 478 g/mol.